The number of nitrogens with zero attached hydrogens (tertiary/aromatic N) is 1. The van der Waals surface area contributed by atoms with Crippen LogP contribution in [0.25, 0.3) is 10.8 Å². The second-order valence-corrected chi connectivity index (χ2v) is 10.5. The summed E-state index contributed by atoms with van der Waals surface area (Å²) in [5.74, 6) is -0.172. The van der Waals surface area contributed by atoms with Crippen molar-refractivity contribution in [1.82, 2.24) is 5.32 Å². The molecule has 34 heavy (non-hydrogen) atoms. The molecule has 0 bridgehead atoms. The molecule has 5 nitrogen and oxygen atoms in total. The maximum absolute atomic E-state index is 12.6. The summed E-state index contributed by atoms with van der Waals surface area (Å²) >= 11 is 0. The van der Waals surface area contributed by atoms with E-state index in [1.807, 2.05) is 50.2 Å². The molecule has 6 heteroatoms. The van der Waals surface area contributed by atoms with E-state index >= 15 is 0 Å². The van der Waals surface area contributed by atoms with Crippen LogP contribution >= 0.6 is 0 Å². The highest BCUT2D eigenvalue weighted by Gasteiger charge is 2.18. The van der Waals surface area contributed by atoms with Crippen LogP contribution in [0.2, 0.25) is 0 Å². The molecular formula is C28H28N2O3S. The molecule has 0 aliphatic carbocycles. The number of carbonyl (C=O) groups is 1. The smallest absolute Gasteiger partial charge is 0.251 e. The van der Waals surface area contributed by atoms with Gasteiger partial charge in [0.15, 0.2) is 0 Å². The maximum atomic E-state index is 12.6. The lowest BCUT2D eigenvalue weighted by atomic mass is 10.1. The lowest BCUT2D eigenvalue weighted by molar-refractivity contribution is 0.0951. The summed E-state index contributed by atoms with van der Waals surface area (Å²) in [6.07, 6.45) is 1.21. The molecule has 0 aliphatic heterocycles. The normalized spacial score (nSPS) is 11.4. The van der Waals surface area contributed by atoms with E-state index in [-0.39, 0.29) is 12.5 Å². The number of amides is 1. The molecule has 1 N–H and O–H groups in total. The maximum Gasteiger partial charge on any atom is 0.251 e. The van der Waals surface area contributed by atoms with Gasteiger partial charge >= 0.3 is 0 Å². The van der Waals surface area contributed by atoms with E-state index in [1.165, 1.54) is 10.6 Å². The van der Waals surface area contributed by atoms with Gasteiger partial charge in [-0.25, -0.2) is 8.42 Å². The Bertz CT molecular complexity index is 1440. The summed E-state index contributed by atoms with van der Waals surface area (Å²) in [6.45, 7) is 4.58. The molecule has 0 saturated heterocycles. The fraction of sp³-hybridized carbons (Fsp3) is 0.179. The van der Waals surface area contributed by atoms with Crippen molar-refractivity contribution in [2.75, 3.05) is 10.6 Å². The van der Waals surface area contributed by atoms with E-state index in [1.54, 1.807) is 24.3 Å². The molecule has 174 valence electrons. The van der Waals surface area contributed by atoms with Crippen molar-refractivity contribution < 1.29 is 13.2 Å². The molecule has 0 aliphatic rings. The van der Waals surface area contributed by atoms with Crippen LogP contribution < -0.4 is 9.62 Å². The number of fused-ring (bicyclic) bond motifs is 1. The lowest BCUT2D eigenvalue weighted by Crippen LogP contribution is -2.29. The van der Waals surface area contributed by atoms with E-state index in [4.69, 9.17) is 0 Å². The first-order valence-corrected chi connectivity index (χ1v) is 13.0. The number of hydrogen-bond acceptors (Lipinski definition) is 3. The van der Waals surface area contributed by atoms with Gasteiger partial charge in [-0.15, -0.1) is 0 Å². The Kier molecular flexibility index (Phi) is 6.70. The van der Waals surface area contributed by atoms with Crippen LogP contribution in [0.5, 0.6) is 0 Å². The van der Waals surface area contributed by atoms with Gasteiger partial charge in [0.1, 0.15) is 0 Å². The van der Waals surface area contributed by atoms with Crippen molar-refractivity contribution in [2.45, 2.75) is 26.9 Å². The average molecular weight is 473 g/mol. The topological polar surface area (TPSA) is 66.5 Å². The highest BCUT2D eigenvalue weighted by Crippen LogP contribution is 2.24. The number of sulfonamides is 1. The lowest BCUT2D eigenvalue weighted by Gasteiger charge is -2.23. The number of benzene rings is 4. The number of hydrogen-bond donors (Lipinski definition) is 1. The summed E-state index contributed by atoms with van der Waals surface area (Å²) in [6, 6.07) is 26.9. The van der Waals surface area contributed by atoms with Gasteiger partial charge in [0.05, 0.1) is 18.5 Å². The zero-order chi connectivity index (χ0) is 24.3. The Morgan fingerprint density at radius 3 is 2.15 bits per heavy atom. The monoisotopic (exact) mass is 472 g/mol. The van der Waals surface area contributed by atoms with E-state index in [0.29, 0.717) is 17.8 Å². The Hall–Kier alpha value is -3.64. The molecule has 0 saturated carbocycles. The molecule has 0 spiro atoms. The second kappa shape index (κ2) is 9.69. The summed E-state index contributed by atoms with van der Waals surface area (Å²) < 4.78 is 26.3. The van der Waals surface area contributed by atoms with E-state index in [0.717, 1.165) is 33.0 Å². The minimum atomic E-state index is -3.47. The summed E-state index contributed by atoms with van der Waals surface area (Å²) in [5, 5.41) is 5.26. The molecule has 0 heterocycles. The van der Waals surface area contributed by atoms with Gasteiger partial charge in [-0.3, -0.25) is 9.10 Å². The third-order valence-corrected chi connectivity index (χ3v) is 7.13. The molecule has 0 radical (unpaired) electrons. The van der Waals surface area contributed by atoms with Gasteiger partial charge in [0, 0.05) is 12.1 Å². The molecular weight excluding hydrogens is 444 g/mol. The molecule has 0 aromatic heterocycles. The van der Waals surface area contributed by atoms with Gasteiger partial charge in [-0.05, 0) is 77.2 Å². The molecule has 0 fully saturated rings. The second-order valence-electron chi connectivity index (χ2n) is 8.60. The van der Waals surface area contributed by atoms with Gasteiger partial charge < -0.3 is 5.32 Å². The minimum absolute atomic E-state index is 0.172. The fourth-order valence-electron chi connectivity index (χ4n) is 3.84. The van der Waals surface area contributed by atoms with E-state index in [9.17, 15) is 13.2 Å². The van der Waals surface area contributed by atoms with Gasteiger partial charge in [-0.1, -0.05) is 54.6 Å². The molecule has 4 aromatic carbocycles. The third-order valence-electron chi connectivity index (χ3n) is 5.99. The van der Waals surface area contributed by atoms with Crippen molar-refractivity contribution in [3.63, 3.8) is 0 Å². The Morgan fingerprint density at radius 2 is 1.47 bits per heavy atom. The van der Waals surface area contributed by atoms with Crippen molar-refractivity contribution in [1.29, 1.82) is 0 Å². The van der Waals surface area contributed by atoms with Crippen molar-refractivity contribution >= 4 is 32.4 Å². The molecule has 0 unspecified atom stereocenters. The Labute approximate surface area is 201 Å². The zero-order valence-corrected chi connectivity index (χ0v) is 20.4. The molecule has 4 rings (SSSR count). The number of aryl methyl sites for hydroxylation is 2. The first-order chi connectivity index (χ1) is 16.2. The van der Waals surface area contributed by atoms with Crippen LogP contribution in [-0.2, 0) is 23.1 Å². The van der Waals surface area contributed by atoms with Crippen LogP contribution in [0, 0.1) is 13.8 Å². The molecule has 1 amide bonds. The predicted molar refractivity (Wildman–Crippen MR) is 139 cm³/mol. The van der Waals surface area contributed by atoms with Crippen molar-refractivity contribution in [3.8, 4) is 0 Å². The van der Waals surface area contributed by atoms with E-state index < -0.39 is 10.0 Å². The minimum Gasteiger partial charge on any atom is -0.348 e. The number of anilines is 1. The standard InChI is InChI=1S/C28H28N2O3S/c1-20-8-15-27(16-21(20)2)30(34(3,32)33)19-22-9-13-25(14-10-22)28(31)29-18-23-11-12-24-6-4-5-7-26(24)17-23/h4-17H,18-19H2,1-3H3,(H,29,31). The summed E-state index contributed by atoms with van der Waals surface area (Å²) in [7, 11) is -3.47. The average Bonchev–Trinajstić information content (AvgIpc) is 2.82. The van der Waals surface area contributed by atoms with Gasteiger partial charge in [0.2, 0.25) is 10.0 Å². The number of carbonyl (C=O) groups excluding carboxylic acids is 1. The SMILES string of the molecule is Cc1ccc(N(Cc2ccc(C(=O)NCc3ccc4ccccc4c3)cc2)S(C)(=O)=O)cc1C. The van der Waals surface area contributed by atoms with Crippen LogP contribution in [0.15, 0.2) is 84.9 Å². The van der Waals surface area contributed by atoms with E-state index in [2.05, 4.69) is 29.6 Å². The van der Waals surface area contributed by atoms with Crippen LogP contribution in [0.3, 0.4) is 0 Å². The Morgan fingerprint density at radius 1 is 0.794 bits per heavy atom. The summed E-state index contributed by atoms with van der Waals surface area (Å²) in [4.78, 5) is 12.6. The first kappa shape index (κ1) is 23.5. The van der Waals surface area contributed by atoms with Crippen LogP contribution in [0.1, 0.15) is 32.6 Å². The Balaban J connectivity index is 1.44. The van der Waals surface area contributed by atoms with Crippen LogP contribution in [0.4, 0.5) is 5.69 Å². The number of rotatable bonds is 7. The highest BCUT2D eigenvalue weighted by atomic mass is 32.2. The number of nitrogens with one attached hydrogen (secondary N) is 1. The highest BCUT2D eigenvalue weighted by molar-refractivity contribution is 7.92. The quantitative estimate of drug-likeness (QED) is 0.394. The predicted octanol–water partition coefficient (Wildman–Crippen LogP) is 5.35. The van der Waals surface area contributed by atoms with Crippen molar-refractivity contribution in [2.24, 2.45) is 0 Å². The zero-order valence-electron chi connectivity index (χ0n) is 19.6. The summed E-state index contributed by atoms with van der Waals surface area (Å²) in [5.41, 5.74) is 5.13. The van der Waals surface area contributed by atoms with Gasteiger partial charge in [-0.2, -0.15) is 0 Å². The van der Waals surface area contributed by atoms with Crippen molar-refractivity contribution in [3.05, 3.63) is 113 Å². The molecule has 0 atom stereocenters. The largest absolute Gasteiger partial charge is 0.348 e. The van der Waals surface area contributed by atoms with Crippen LogP contribution in [-0.4, -0.2) is 20.6 Å². The first-order valence-electron chi connectivity index (χ1n) is 11.1. The molecule has 4 aromatic rings. The fourth-order valence-corrected chi connectivity index (χ4v) is 4.72. The van der Waals surface area contributed by atoms with Gasteiger partial charge in [0.25, 0.3) is 5.91 Å². The third kappa shape index (κ3) is 5.46.